The number of rotatable bonds is 9. The minimum atomic E-state index is -4.53. The number of hydrogen-bond acceptors (Lipinski definition) is 4. The van der Waals surface area contributed by atoms with E-state index in [9.17, 15) is 26.7 Å². The largest absolute Gasteiger partial charge is 0.417 e. The maximum Gasteiger partial charge on any atom is 0.417 e. The number of nitrogens with one attached hydrogen (secondary N) is 1. The third-order valence-electron chi connectivity index (χ3n) is 5.80. The number of nitrogens with zero attached hydrogens (tertiary/aromatic N) is 3. The Balaban J connectivity index is 2.29. The van der Waals surface area contributed by atoms with Crippen molar-refractivity contribution in [1.82, 2.24) is 10.2 Å². The number of likely N-dealkylation sites (tertiary alicyclic amines) is 1. The van der Waals surface area contributed by atoms with Crippen molar-refractivity contribution in [3.63, 3.8) is 0 Å². The molecule has 0 spiro atoms. The van der Waals surface area contributed by atoms with E-state index in [1.165, 1.54) is 19.2 Å². The van der Waals surface area contributed by atoms with Crippen LogP contribution in [0.3, 0.4) is 0 Å². The summed E-state index contributed by atoms with van der Waals surface area (Å²) < 4.78 is 67.6. The molecular weight excluding hydrogens is 515 g/mol. The lowest BCUT2D eigenvalue weighted by Gasteiger charge is -2.43. The Morgan fingerprint density at radius 1 is 1.30 bits per heavy atom. The van der Waals surface area contributed by atoms with E-state index in [1.54, 1.807) is 38.1 Å². The van der Waals surface area contributed by atoms with Gasteiger partial charge in [-0.3, -0.25) is 20.1 Å². The molecule has 202 valence electrons. The molecule has 1 aliphatic rings. The average Bonchev–Trinajstić information content (AvgIpc) is 2.80. The predicted octanol–water partition coefficient (Wildman–Crippen LogP) is 6.57. The van der Waals surface area contributed by atoms with Crippen LogP contribution < -0.4 is 5.32 Å². The molecule has 0 aromatic heterocycles. The van der Waals surface area contributed by atoms with Gasteiger partial charge in [0.25, 0.3) is 11.8 Å². The maximum atomic E-state index is 14.6. The molecule has 1 aromatic rings. The molecule has 1 N–H and O–H groups in total. The fraction of sp³-hybridized carbons (Fsp3) is 0.423. The van der Waals surface area contributed by atoms with E-state index in [1.807, 2.05) is 0 Å². The first-order valence-electron chi connectivity index (χ1n) is 11.6. The summed E-state index contributed by atoms with van der Waals surface area (Å²) in [7, 11) is 0. The fourth-order valence-electron chi connectivity index (χ4n) is 4.00. The molecule has 11 heteroatoms. The maximum absolute atomic E-state index is 14.6. The molecule has 2 atom stereocenters. The van der Waals surface area contributed by atoms with Crippen LogP contribution in [0.25, 0.3) is 5.70 Å². The molecule has 0 bridgehead atoms. The monoisotopic (exact) mass is 544 g/mol. The van der Waals surface area contributed by atoms with Gasteiger partial charge in [-0.15, -0.1) is 0 Å². The van der Waals surface area contributed by atoms with Crippen LogP contribution in [-0.4, -0.2) is 61.1 Å². The van der Waals surface area contributed by atoms with Gasteiger partial charge in [0, 0.05) is 42.0 Å². The number of allylic oxidation sites excluding steroid dienone is 4. The summed E-state index contributed by atoms with van der Waals surface area (Å²) in [5.41, 5.74) is -0.226. The summed E-state index contributed by atoms with van der Waals surface area (Å²) in [6.45, 7) is 7.58. The highest BCUT2D eigenvalue weighted by molar-refractivity contribution is 6.31. The molecule has 0 aliphatic carbocycles. The number of amides is 1. The molecule has 0 saturated carbocycles. The van der Waals surface area contributed by atoms with Gasteiger partial charge in [-0.1, -0.05) is 43.3 Å². The quantitative estimate of drug-likeness (QED) is 0.217. The molecule has 1 aliphatic heterocycles. The van der Waals surface area contributed by atoms with Crippen LogP contribution >= 0.6 is 11.6 Å². The van der Waals surface area contributed by atoms with Gasteiger partial charge in [0.2, 0.25) is 0 Å². The molecule has 37 heavy (non-hydrogen) atoms. The zero-order chi connectivity index (χ0) is 27.8. The van der Waals surface area contributed by atoms with Gasteiger partial charge in [0.1, 0.15) is 0 Å². The summed E-state index contributed by atoms with van der Waals surface area (Å²) in [4.78, 5) is 22.6. The third-order valence-corrected chi connectivity index (χ3v) is 6.03. The first kappa shape index (κ1) is 30.4. The molecule has 1 fully saturated rings. The Bertz CT molecular complexity index is 1090. The fourth-order valence-corrected chi connectivity index (χ4v) is 4.17. The van der Waals surface area contributed by atoms with Crippen molar-refractivity contribution in [3.8, 4) is 0 Å². The summed E-state index contributed by atoms with van der Waals surface area (Å²) in [6.07, 6.45) is 1.56. The number of carbonyl (C=O) groups is 1. The Morgan fingerprint density at radius 2 is 2.00 bits per heavy atom. The Morgan fingerprint density at radius 3 is 2.62 bits per heavy atom. The van der Waals surface area contributed by atoms with E-state index in [2.05, 4.69) is 21.9 Å². The van der Waals surface area contributed by atoms with E-state index >= 15 is 0 Å². The Hall–Kier alpha value is -2.85. The van der Waals surface area contributed by atoms with Crippen LogP contribution in [0.4, 0.5) is 22.0 Å². The minimum absolute atomic E-state index is 0.0494. The van der Waals surface area contributed by atoms with E-state index in [-0.39, 0.29) is 29.5 Å². The lowest BCUT2D eigenvalue weighted by Crippen LogP contribution is -2.58. The molecule has 1 amide bonds. The van der Waals surface area contributed by atoms with Gasteiger partial charge in [-0.05, 0) is 38.0 Å². The van der Waals surface area contributed by atoms with E-state index < -0.39 is 48.5 Å². The number of piperidine rings is 1. The number of benzene rings is 1. The normalized spacial score (nSPS) is 20.9. The first-order chi connectivity index (χ1) is 17.3. The summed E-state index contributed by atoms with van der Waals surface area (Å²) in [5.74, 6) is -4.39. The Labute approximate surface area is 218 Å². The second-order valence-corrected chi connectivity index (χ2v) is 9.08. The van der Waals surface area contributed by atoms with Crippen LogP contribution in [0.1, 0.15) is 43.1 Å². The van der Waals surface area contributed by atoms with Crippen molar-refractivity contribution in [2.24, 2.45) is 15.9 Å². The topological polar surface area (TPSA) is 57.1 Å². The van der Waals surface area contributed by atoms with E-state index in [0.717, 1.165) is 11.0 Å². The van der Waals surface area contributed by atoms with Crippen molar-refractivity contribution in [2.45, 2.75) is 45.3 Å². The summed E-state index contributed by atoms with van der Waals surface area (Å²) in [6, 6.07) is 3.82. The van der Waals surface area contributed by atoms with E-state index in [0.29, 0.717) is 11.8 Å². The third kappa shape index (κ3) is 8.60. The molecule has 1 aromatic carbocycles. The molecule has 2 rings (SSSR count). The van der Waals surface area contributed by atoms with Crippen molar-refractivity contribution in [2.75, 3.05) is 19.8 Å². The molecule has 5 nitrogen and oxygen atoms in total. The van der Waals surface area contributed by atoms with Crippen LogP contribution in [-0.2, 0) is 0 Å². The Kier molecular flexibility index (Phi) is 10.8. The van der Waals surface area contributed by atoms with Gasteiger partial charge in [0.05, 0.1) is 30.0 Å². The van der Waals surface area contributed by atoms with Crippen LogP contribution in [0.2, 0.25) is 5.02 Å². The predicted molar refractivity (Wildman–Crippen MR) is 139 cm³/mol. The molecule has 2 unspecified atom stereocenters. The van der Waals surface area contributed by atoms with Gasteiger partial charge in [-0.2, -0.15) is 13.2 Å². The number of carbonyl (C=O) groups excluding carboxylic acids is 1. The van der Waals surface area contributed by atoms with Crippen molar-refractivity contribution >= 4 is 35.6 Å². The molecule has 1 heterocycles. The second-order valence-electron chi connectivity index (χ2n) is 8.64. The SMILES string of the molecule is C=C(N=C/C=C\C)c1ccc(Cl)cc1C(=O)N1CC(F)(F)CC(C)C1CNCN=C/C(=C\C)C(F)(F)F. The van der Waals surface area contributed by atoms with E-state index in [4.69, 9.17) is 11.6 Å². The molecular formula is C26H30ClF5N4O. The summed E-state index contributed by atoms with van der Waals surface area (Å²) in [5, 5.41) is 3.10. The first-order valence-corrected chi connectivity index (χ1v) is 12.0. The minimum Gasteiger partial charge on any atom is -0.328 e. The summed E-state index contributed by atoms with van der Waals surface area (Å²) >= 11 is 6.13. The molecule has 0 radical (unpaired) electrons. The second kappa shape index (κ2) is 13.1. The smallest absolute Gasteiger partial charge is 0.328 e. The number of halogens is 6. The lowest BCUT2D eigenvalue weighted by molar-refractivity contribution is -0.0914. The van der Waals surface area contributed by atoms with Crippen LogP contribution in [0.5, 0.6) is 0 Å². The highest BCUT2D eigenvalue weighted by Crippen LogP contribution is 2.36. The van der Waals surface area contributed by atoms with Crippen LogP contribution in [0, 0.1) is 5.92 Å². The average molecular weight is 545 g/mol. The van der Waals surface area contributed by atoms with Gasteiger partial charge >= 0.3 is 6.18 Å². The van der Waals surface area contributed by atoms with Crippen molar-refractivity contribution in [3.05, 3.63) is 64.7 Å². The van der Waals surface area contributed by atoms with Gasteiger partial charge in [0.15, 0.2) is 0 Å². The zero-order valence-corrected chi connectivity index (χ0v) is 21.6. The number of alkyl halides is 5. The molecule has 1 saturated heterocycles. The number of hydrogen-bond donors (Lipinski definition) is 1. The van der Waals surface area contributed by atoms with Crippen LogP contribution in [0.15, 0.2) is 58.6 Å². The van der Waals surface area contributed by atoms with Gasteiger partial charge in [-0.25, -0.2) is 8.78 Å². The lowest BCUT2D eigenvalue weighted by atomic mass is 9.87. The van der Waals surface area contributed by atoms with Crippen molar-refractivity contribution < 1.29 is 26.7 Å². The van der Waals surface area contributed by atoms with Gasteiger partial charge < -0.3 is 4.90 Å². The number of aliphatic imine (C=N–C) groups is 2. The van der Waals surface area contributed by atoms with Crippen molar-refractivity contribution in [1.29, 1.82) is 0 Å². The standard InChI is InChI=1S/C26H30ClF5N4O/c1-5-7-10-35-18(4)21-9-8-20(27)11-22(21)24(37)36-15-25(28,29)12-17(3)23(36)14-34-16-33-13-19(6-2)26(30,31)32/h5-11,13,17,23,34H,4,12,14-16H2,1-3H3/b7-5-,19-6+,33-13?,35-10?. The zero-order valence-electron chi connectivity index (χ0n) is 20.8. The highest BCUT2D eigenvalue weighted by atomic mass is 35.5. The highest BCUT2D eigenvalue weighted by Gasteiger charge is 2.46.